The second-order valence-corrected chi connectivity index (χ2v) is 2.82. The van der Waals surface area contributed by atoms with E-state index in [0.29, 0.717) is 12.2 Å². The van der Waals surface area contributed by atoms with Gasteiger partial charge in [-0.3, -0.25) is 5.32 Å². The Labute approximate surface area is 66.6 Å². The topological polar surface area (TPSA) is 34.0 Å². The highest BCUT2D eigenvalue weighted by Gasteiger charge is 2.35. The lowest BCUT2D eigenvalue weighted by Gasteiger charge is -1.94. The first kappa shape index (κ1) is 6.83. The lowest BCUT2D eigenvalue weighted by Crippen LogP contribution is -2.12. The summed E-state index contributed by atoms with van der Waals surface area (Å²) in [6.45, 7) is 0. The van der Waals surface area contributed by atoms with Crippen LogP contribution in [0.4, 0.5) is 0 Å². The van der Waals surface area contributed by atoms with Crippen molar-refractivity contribution in [3.05, 3.63) is 35.9 Å². The molecule has 0 amide bonds. The maximum atomic E-state index is 3.32. The van der Waals surface area contributed by atoms with Gasteiger partial charge in [0.05, 0.1) is 12.2 Å². The average molecular weight is 148 g/mol. The number of benzene rings is 1. The molecule has 2 nitrogen and oxygen atoms in total. The van der Waals surface area contributed by atoms with Crippen LogP contribution >= 0.6 is 0 Å². The van der Waals surface area contributed by atoms with Gasteiger partial charge in [0.1, 0.15) is 0 Å². The molecule has 0 radical (unpaired) electrons. The van der Waals surface area contributed by atoms with Crippen LogP contribution in [-0.2, 0) is 0 Å². The highest BCUT2D eigenvalue weighted by molar-refractivity contribution is 5.25. The van der Waals surface area contributed by atoms with E-state index in [0.717, 1.165) is 0 Å². The van der Waals surface area contributed by atoms with E-state index in [9.17, 15) is 0 Å². The summed E-state index contributed by atoms with van der Waals surface area (Å²) in [4.78, 5) is 0. The van der Waals surface area contributed by atoms with Crippen LogP contribution in [0.15, 0.2) is 30.3 Å². The van der Waals surface area contributed by atoms with E-state index >= 15 is 0 Å². The van der Waals surface area contributed by atoms with Crippen LogP contribution < -0.4 is 10.6 Å². The van der Waals surface area contributed by atoms with E-state index in [1.165, 1.54) is 5.56 Å². The largest absolute Gasteiger partial charge is 0.303 e. The Hall–Kier alpha value is -0.860. The average Bonchev–Trinajstić information content (AvgIpc) is 2.85. The van der Waals surface area contributed by atoms with Crippen molar-refractivity contribution in [3.63, 3.8) is 0 Å². The predicted octanol–water partition coefficient (Wildman–Crippen LogP) is 0.876. The van der Waals surface area contributed by atoms with Crippen LogP contribution in [0.1, 0.15) is 11.6 Å². The molecule has 2 atom stereocenters. The van der Waals surface area contributed by atoms with Crippen molar-refractivity contribution in [2.75, 3.05) is 7.05 Å². The second kappa shape index (κ2) is 2.64. The lowest BCUT2D eigenvalue weighted by atomic mass is 10.1. The molecule has 0 spiro atoms. The lowest BCUT2D eigenvalue weighted by molar-refractivity contribution is 0.773. The van der Waals surface area contributed by atoms with E-state index in [1.807, 2.05) is 13.1 Å². The highest BCUT2D eigenvalue weighted by atomic mass is 15.3. The quantitative estimate of drug-likeness (QED) is 0.610. The van der Waals surface area contributed by atoms with Gasteiger partial charge in [0.2, 0.25) is 0 Å². The minimum Gasteiger partial charge on any atom is -0.303 e. The van der Waals surface area contributed by atoms with Gasteiger partial charge < -0.3 is 5.32 Å². The summed E-state index contributed by atoms with van der Waals surface area (Å²) in [5.41, 5.74) is 1.37. The summed E-state index contributed by atoms with van der Waals surface area (Å²) in [6.07, 6.45) is 0.484. The van der Waals surface area contributed by atoms with E-state index < -0.39 is 0 Å². The van der Waals surface area contributed by atoms with Gasteiger partial charge in [-0.05, 0) is 12.6 Å². The molecule has 1 heterocycles. The molecule has 11 heavy (non-hydrogen) atoms. The molecule has 1 aromatic carbocycles. The highest BCUT2D eigenvalue weighted by Crippen LogP contribution is 2.26. The molecular formula is C9H12N2. The van der Waals surface area contributed by atoms with Gasteiger partial charge in [-0.25, -0.2) is 0 Å². The molecule has 1 aromatic rings. The number of hydrogen-bond acceptors (Lipinski definition) is 2. The summed E-state index contributed by atoms with van der Waals surface area (Å²) in [6, 6.07) is 11.0. The number of likely N-dealkylation sites (N-methyl/N-ethyl adjacent to an activating group) is 1. The number of nitrogens with one attached hydrogen (secondary N) is 2. The van der Waals surface area contributed by atoms with Crippen LogP contribution in [-0.4, -0.2) is 13.2 Å². The van der Waals surface area contributed by atoms with E-state index in [-0.39, 0.29) is 0 Å². The summed E-state index contributed by atoms with van der Waals surface area (Å²) in [5.74, 6) is 0. The van der Waals surface area contributed by atoms with Gasteiger partial charge in [-0.15, -0.1) is 0 Å². The van der Waals surface area contributed by atoms with E-state index in [2.05, 4.69) is 34.9 Å². The van der Waals surface area contributed by atoms with Gasteiger partial charge in [0.25, 0.3) is 0 Å². The number of rotatable bonds is 2. The molecule has 0 aromatic heterocycles. The fraction of sp³-hybridized carbons (Fsp3) is 0.333. The molecule has 1 aliphatic heterocycles. The minimum absolute atomic E-state index is 0.484. The van der Waals surface area contributed by atoms with Crippen LogP contribution in [0.25, 0.3) is 0 Å². The van der Waals surface area contributed by atoms with Crippen molar-refractivity contribution in [3.8, 4) is 0 Å². The third-order valence-corrected chi connectivity index (χ3v) is 2.05. The van der Waals surface area contributed by atoms with Crippen molar-refractivity contribution >= 4 is 0 Å². The fourth-order valence-corrected chi connectivity index (χ4v) is 1.34. The van der Waals surface area contributed by atoms with Crippen LogP contribution in [0.2, 0.25) is 0 Å². The fourth-order valence-electron chi connectivity index (χ4n) is 1.34. The van der Waals surface area contributed by atoms with Crippen LogP contribution in [0.5, 0.6) is 0 Å². The molecule has 1 aliphatic rings. The second-order valence-electron chi connectivity index (χ2n) is 2.82. The summed E-state index contributed by atoms with van der Waals surface area (Å²) in [7, 11) is 1.97. The molecule has 58 valence electrons. The molecular weight excluding hydrogens is 136 g/mol. The normalized spacial score (nSPS) is 28.5. The SMILES string of the molecule is CNC1NC1c1ccccc1. The third-order valence-electron chi connectivity index (χ3n) is 2.05. The first-order chi connectivity index (χ1) is 5.42. The van der Waals surface area contributed by atoms with Gasteiger partial charge in [0.15, 0.2) is 0 Å². The number of hydrogen-bond donors (Lipinski definition) is 2. The Bertz CT molecular complexity index is 233. The summed E-state index contributed by atoms with van der Waals surface area (Å²) >= 11 is 0. The van der Waals surface area contributed by atoms with Crippen molar-refractivity contribution in [1.29, 1.82) is 0 Å². The zero-order valence-electron chi connectivity index (χ0n) is 6.54. The van der Waals surface area contributed by atoms with Crippen molar-refractivity contribution < 1.29 is 0 Å². The molecule has 0 bridgehead atoms. The molecule has 2 N–H and O–H groups in total. The third kappa shape index (κ3) is 1.27. The van der Waals surface area contributed by atoms with Gasteiger partial charge >= 0.3 is 0 Å². The van der Waals surface area contributed by atoms with E-state index in [1.54, 1.807) is 0 Å². The molecule has 0 aliphatic carbocycles. The van der Waals surface area contributed by atoms with Crippen LogP contribution in [0, 0.1) is 0 Å². The Morgan fingerprint density at radius 3 is 2.55 bits per heavy atom. The van der Waals surface area contributed by atoms with Gasteiger partial charge in [-0.1, -0.05) is 30.3 Å². The molecule has 2 rings (SSSR count). The van der Waals surface area contributed by atoms with E-state index in [4.69, 9.17) is 0 Å². The smallest absolute Gasteiger partial charge is 0.0776 e. The van der Waals surface area contributed by atoms with Crippen LogP contribution in [0.3, 0.4) is 0 Å². The Kier molecular flexibility index (Phi) is 1.64. The van der Waals surface area contributed by atoms with Crippen molar-refractivity contribution in [2.45, 2.75) is 12.2 Å². The van der Waals surface area contributed by atoms with Gasteiger partial charge in [-0.2, -0.15) is 0 Å². The zero-order valence-corrected chi connectivity index (χ0v) is 6.54. The monoisotopic (exact) mass is 148 g/mol. The Morgan fingerprint density at radius 1 is 1.27 bits per heavy atom. The van der Waals surface area contributed by atoms with Gasteiger partial charge in [0, 0.05) is 0 Å². The van der Waals surface area contributed by atoms with Crippen molar-refractivity contribution in [1.82, 2.24) is 10.6 Å². The Morgan fingerprint density at radius 2 is 2.00 bits per heavy atom. The molecule has 2 heteroatoms. The molecule has 0 saturated carbocycles. The molecule has 1 fully saturated rings. The summed E-state index contributed by atoms with van der Waals surface area (Å²) in [5, 5.41) is 6.50. The maximum Gasteiger partial charge on any atom is 0.0776 e. The van der Waals surface area contributed by atoms with Crippen molar-refractivity contribution in [2.24, 2.45) is 0 Å². The zero-order chi connectivity index (χ0) is 7.68. The molecule has 1 saturated heterocycles. The predicted molar refractivity (Wildman–Crippen MR) is 45.2 cm³/mol. The first-order valence-electron chi connectivity index (χ1n) is 3.90. The molecule has 2 unspecified atom stereocenters. The summed E-state index contributed by atoms with van der Waals surface area (Å²) < 4.78 is 0. The Balaban J connectivity index is 2.09. The maximum absolute atomic E-state index is 3.32. The minimum atomic E-state index is 0.484. The first-order valence-corrected chi connectivity index (χ1v) is 3.90. The standard InChI is InChI=1S/C9H12N2/c1-10-9-8(11-9)7-5-3-2-4-6-7/h2-6,8-11H,1H3.